The van der Waals surface area contributed by atoms with Gasteiger partial charge in [0.05, 0.1) is 5.56 Å². The van der Waals surface area contributed by atoms with Crippen molar-refractivity contribution in [2.75, 3.05) is 0 Å². The van der Waals surface area contributed by atoms with Gasteiger partial charge in [-0.15, -0.1) is 0 Å². The van der Waals surface area contributed by atoms with Crippen molar-refractivity contribution in [2.24, 2.45) is 17.8 Å². The maximum atomic E-state index is 2.77. The lowest BCUT2D eigenvalue weighted by Crippen LogP contribution is -2.55. The van der Waals surface area contributed by atoms with Gasteiger partial charge in [-0.1, -0.05) is 110 Å². The monoisotopic (exact) mass is 568 g/mol. The van der Waals surface area contributed by atoms with Crippen LogP contribution in [0.25, 0.3) is 32.8 Å². The molecule has 1 spiro atoms. The van der Waals surface area contributed by atoms with Crippen LogP contribution in [-0.4, -0.2) is 0 Å². The number of nitrogens with zero attached hydrogens (tertiary/aromatic N) is 1. The summed E-state index contributed by atoms with van der Waals surface area (Å²) < 4.78 is 2.77. The molecule has 3 aliphatic rings. The van der Waals surface area contributed by atoms with Crippen LogP contribution in [0.2, 0.25) is 0 Å². The van der Waals surface area contributed by atoms with Gasteiger partial charge in [-0.2, -0.15) is 4.57 Å². The summed E-state index contributed by atoms with van der Waals surface area (Å²) in [6, 6.07) is 19.3. The molecule has 3 aromatic carbocycles. The zero-order chi connectivity index (χ0) is 30.3. The number of benzene rings is 3. The molecule has 0 bridgehead atoms. The SMILES string of the molecule is CCC(CC)C1=CC2(CC(C(CC)CC)=C1)c1ccc3cccc4c3c1-c1c(c3cc(CC(C)C)ccc3c[n+]12)C4(C)C. The van der Waals surface area contributed by atoms with Crippen molar-refractivity contribution >= 4 is 21.5 Å². The molecule has 2 aliphatic carbocycles. The first kappa shape index (κ1) is 28.6. The quantitative estimate of drug-likeness (QED) is 0.186. The van der Waals surface area contributed by atoms with Gasteiger partial charge in [-0.05, 0) is 89.5 Å². The summed E-state index contributed by atoms with van der Waals surface area (Å²) in [5.74, 6) is 1.85. The summed E-state index contributed by atoms with van der Waals surface area (Å²) in [4.78, 5) is 0. The first-order valence-electron chi connectivity index (χ1n) is 17.2. The molecule has 1 heteroatoms. The van der Waals surface area contributed by atoms with E-state index in [9.17, 15) is 0 Å². The van der Waals surface area contributed by atoms with Crippen molar-refractivity contribution in [1.29, 1.82) is 0 Å². The fourth-order valence-electron chi connectivity index (χ4n) is 9.29. The smallest absolute Gasteiger partial charge is 0.183 e. The maximum absolute atomic E-state index is 2.77. The second-order valence-electron chi connectivity index (χ2n) is 14.8. The number of pyridine rings is 1. The molecule has 7 rings (SSSR count). The van der Waals surface area contributed by atoms with E-state index in [0.29, 0.717) is 17.8 Å². The number of hydrogen-bond donors (Lipinski definition) is 0. The van der Waals surface area contributed by atoms with Crippen LogP contribution in [0.5, 0.6) is 0 Å². The molecule has 222 valence electrons. The molecule has 1 aliphatic heterocycles. The number of aromatic nitrogens is 1. The molecule has 1 atom stereocenters. The predicted octanol–water partition coefficient (Wildman–Crippen LogP) is 11.0. The Morgan fingerprint density at radius 1 is 0.814 bits per heavy atom. The van der Waals surface area contributed by atoms with E-state index >= 15 is 0 Å². The highest BCUT2D eigenvalue weighted by molar-refractivity contribution is 6.07. The summed E-state index contributed by atoms with van der Waals surface area (Å²) in [6.07, 6.45) is 14.9. The molecule has 2 heterocycles. The fourth-order valence-corrected chi connectivity index (χ4v) is 9.29. The van der Waals surface area contributed by atoms with E-state index in [2.05, 4.69) is 127 Å². The summed E-state index contributed by atoms with van der Waals surface area (Å²) in [5, 5.41) is 5.68. The van der Waals surface area contributed by atoms with Gasteiger partial charge in [0.15, 0.2) is 6.20 Å². The van der Waals surface area contributed by atoms with Crippen LogP contribution in [0, 0.1) is 17.8 Å². The molecule has 43 heavy (non-hydrogen) atoms. The highest BCUT2D eigenvalue weighted by Gasteiger charge is 2.57. The number of allylic oxidation sites excluding steroid dienone is 4. The highest BCUT2D eigenvalue weighted by atomic mass is 15.1. The van der Waals surface area contributed by atoms with Gasteiger partial charge in [0.1, 0.15) is 0 Å². The Morgan fingerprint density at radius 2 is 1.53 bits per heavy atom. The predicted molar refractivity (Wildman–Crippen MR) is 184 cm³/mol. The van der Waals surface area contributed by atoms with Crippen LogP contribution in [0.1, 0.15) is 110 Å². The Kier molecular flexibility index (Phi) is 6.77. The molecule has 1 aromatic heterocycles. The largest absolute Gasteiger partial charge is 0.219 e. The van der Waals surface area contributed by atoms with Crippen LogP contribution in [-0.2, 0) is 17.4 Å². The lowest BCUT2D eigenvalue weighted by molar-refractivity contribution is -0.726. The number of hydrogen-bond acceptors (Lipinski definition) is 0. The molecule has 0 fully saturated rings. The molecule has 0 radical (unpaired) electrons. The third kappa shape index (κ3) is 3.99. The average molecular weight is 569 g/mol. The van der Waals surface area contributed by atoms with Gasteiger partial charge in [0, 0.05) is 33.7 Å². The van der Waals surface area contributed by atoms with E-state index in [1.807, 2.05) is 0 Å². The molecule has 0 saturated heterocycles. The summed E-state index contributed by atoms with van der Waals surface area (Å²) in [5.41, 5.74) is 11.9. The van der Waals surface area contributed by atoms with E-state index in [1.165, 1.54) is 80.7 Å². The van der Waals surface area contributed by atoms with Crippen LogP contribution >= 0.6 is 0 Å². The van der Waals surface area contributed by atoms with E-state index in [0.717, 1.165) is 12.8 Å². The first-order valence-corrected chi connectivity index (χ1v) is 17.2. The molecule has 4 aromatic rings. The second kappa shape index (κ2) is 10.2. The van der Waals surface area contributed by atoms with Crippen LogP contribution in [0.3, 0.4) is 0 Å². The second-order valence-corrected chi connectivity index (χ2v) is 14.8. The minimum absolute atomic E-state index is 0.103. The van der Waals surface area contributed by atoms with Crippen molar-refractivity contribution in [3.8, 4) is 11.3 Å². The minimum atomic E-state index is -0.198. The minimum Gasteiger partial charge on any atom is -0.183 e. The zero-order valence-corrected chi connectivity index (χ0v) is 27.8. The molecular weight excluding hydrogens is 518 g/mol. The average Bonchev–Trinajstić information content (AvgIpc) is 3.24. The van der Waals surface area contributed by atoms with Gasteiger partial charge < -0.3 is 0 Å². The highest BCUT2D eigenvalue weighted by Crippen LogP contribution is 2.57. The van der Waals surface area contributed by atoms with Crippen molar-refractivity contribution in [3.63, 3.8) is 0 Å². The molecule has 0 saturated carbocycles. The Labute approximate surface area is 259 Å². The van der Waals surface area contributed by atoms with Crippen molar-refractivity contribution in [2.45, 2.75) is 105 Å². The normalized spacial score (nSPS) is 19.8. The Hall–Kier alpha value is -3.19. The Morgan fingerprint density at radius 3 is 2.23 bits per heavy atom. The lowest BCUT2D eigenvalue weighted by Gasteiger charge is -2.34. The van der Waals surface area contributed by atoms with Gasteiger partial charge >= 0.3 is 0 Å². The zero-order valence-electron chi connectivity index (χ0n) is 27.8. The van der Waals surface area contributed by atoms with Gasteiger partial charge in [-0.3, -0.25) is 0 Å². The van der Waals surface area contributed by atoms with Crippen LogP contribution in [0.4, 0.5) is 0 Å². The van der Waals surface area contributed by atoms with Gasteiger partial charge in [-0.25, -0.2) is 0 Å². The summed E-state index contributed by atoms with van der Waals surface area (Å²) >= 11 is 0. The molecule has 0 N–H and O–H groups in total. The topological polar surface area (TPSA) is 3.88 Å². The summed E-state index contributed by atoms with van der Waals surface area (Å²) in [6.45, 7) is 19.2. The number of fused-ring (bicyclic) bond motifs is 4. The van der Waals surface area contributed by atoms with E-state index in [-0.39, 0.29) is 11.0 Å². The van der Waals surface area contributed by atoms with E-state index in [4.69, 9.17) is 0 Å². The van der Waals surface area contributed by atoms with E-state index < -0.39 is 0 Å². The maximum Gasteiger partial charge on any atom is 0.219 e. The Balaban J connectivity index is 1.63. The van der Waals surface area contributed by atoms with Crippen molar-refractivity contribution in [1.82, 2.24) is 0 Å². The lowest BCUT2D eigenvalue weighted by atomic mass is 9.67. The van der Waals surface area contributed by atoms with Gasteiger partial charge in [0.25, 0.3) is 0 Å². The molecule has 1 nitrogen and oxygen atoms in total. The molecular formula is C42H50N+. The Bertz CT molecular complexity index is 1820. The van der Waals surface area contributed by atoms with E-state index in [1.54, 1.807) is 11.1 Å². The molecule has 0 amide bonds. The fraction of sp³-hybridized carbons (Fsp3) is 0.452. The third-order valence-electron chi connectivity index (χ3n) is 11.5. The van der Waals surface area contributed by atoms with Gasteiger partial charge in [0.2, 0.25) is 11.2 Å². The van der Waals surface area contributed by atoms with Crippen molar-refractivity contribution in [3.05, 3.63) is 100 Å². The van der Waals surface area contributed by atoms with Crippen LogP contribution in [0.15, 0.2) is 78.0 Å². The van der Waals surface area contributed by atoms with Crippen molar-refractivity contribution < 1.29 is 4.57 Å². The number of rotatable bonds is 8. The first-order chi connectivity index (χ1) is 20.7. The summed E-state index contributed by atoms with van der Waals surface area (Å²) in [7, 11) is 0. The standard InChI is InChI=1S/C42H50N/c1-9-28(10-2)32-22-33(29(11-3)12-4)24-42(23-32)36-19-18-30-14-13-15-35-37(30)38(36)40-39(41(35,7)8)34-21-27(20-26(5)6)16-17-31(34)25-43(40)42/h13-19,21-23,25-26,28-29H,9-12,20,24H2,1-8H3/q+1. The molecule has 1 unspecified atom stereocenters. The third-order valence-corrected chi connectivity index (χ3v) is 11.5. The van der Waals surface area contributed by atoms with Crippen LogP contribution < -0.4 is 4.57 Å².